The van der Waals surface area contributed by atoms with Gasteiger partial charge in [0.2, 0.25) is 5.91 Å². The summed E-state index contributed by atoms with van der Waals surface area (Å²) >= 11 is 0. The van der Waals surface area contributed by atoms with Crippen molar-refractivity contribution in [3.63, 3.8) is 0 Å². The van der Waals surface area contributed by atoms with Crippen LogP contribution in [0.25, 0.3) is 0 Å². The Labute approximate surface area is 147 Å². The number of ether oxygens (including phenoxy) is 1. The van der Waals surface area contributed by atoms with Crippen LogP contribution in [0.2, 0.25) is 0 Å². The van der Waals surface area contributed by atoms with Crippen molar-refractivity contribution >= 4 is 5.91 Å². The van der Waals surface area contributed by atoms with Crippen molar-refractivity contribution in [2.45, 2.75) is 44.4 Å². The Hall–Kier alpha value is -1.50. The van der Waals surface area contributed by atoms with Crippen LogP contribution in [0.5, 0.6) is 0 Å². The fraction of sp³-hybridized carbons (Fsp3) is 0.632. The lowest BCUT2D eigenvalue weighted by atomic mass is 10.0. The molecule has 0 unspecified atom stereocenters. The van der Waals surface area contributed by atoms with E-state index in [1.54, 1.807) is 0 Å². The summed E-state index contributed by atoms with van der Waals surface area (Å²) in [7, 11) is 0. The molecule has 136 valence electrons. The van der Waals surface area contributed by atoms with Crippen LogP contribution in [-0.4, -0.2) is 54.3 Å². The lowest BCUT2D eigenvalue weighted by Gasteiger charge is -2.27. The standard InChI is InChI=1S/C19H25FN2O3/c20-16-5-3-14(4-6-16)11-21-12-15-9-17(25-18(15)13-21)10-19(23)22-7-1-2-8-24-22/h3-6,15,17-18H,1-2,7-13H2/t15-,17+,18+/m0/s1. The molecule has 3 fully saturated rings. The summed E-state index contributed by atoms with van der Waals surface area (Å²) in [6.45, 7) is 4.02. The first-order chi connectivity index (χ1) is 12.2. The van der Waals surface area contributed by atoms with Crippen LogP contribution in [0.3, 0.4) is 0 Å². The Kier molecular flexibility index (Phi) is 5.01. The normalized spacial score (nSPS) is 29.8. The van der Waals surface area contributed by atoms with Crippen LogP contribution in [0.15, 0.2) is 24.3 Å². The topological polar surface area (TPSA) is 42.0 Å². The van der Waals surface area contributed by atoms with E-state index in [1.165, 1.54) is 17.2 Å². The molecular weight excluding hydrogens is 323 g/mol. The molecular formula is C19H25FN2O3. The predicted molar refractivity (Wildman–Crippen MR) is 90.0 cm³/mol. The monoisotopic (exact) mass is 348 g/mol. The predicted octanol–water partition coefficient (Wildman–Crippen LogP) is 2.36. The number of carbonyl (C=O) groups excluding carboxylic acids is 1. The Bertz CT molecular complexity index is 589. The highest BCUT2D eigenvalue weighted by Crippen LogP contribution is 2.35. The van der Waals surface area contributed by atoms with Crippen LogP contribution >= 0.6 is 0 Å². The zero-order valence-electron chi connectivity index (χ0n) is 14.4. The number of hydroxylamine groups is 2. The second-order valence-electron chi connectivity index (χ2n) is 7.35. The maximum atomic E-state index is 13.0. The molecule has 0 spiro atoms. The summed E-state index contributed by atoms with van der Waals surface area (Å²) in [6, 6.07) is 6.69. The van der Waals surface area contributed by atoms with Gasteiger partial charge in [0.05, 0.1) is 25.2 Å². The maximum Gasteiger partial charge on any atom is 0.248 e. The van der Waals surface area contributed by atoms with E-state index in [2.05, 4.69) is 4.90 Å². The summed E-state index contributed by atoms with van der Waals surface area (Å²) in [4.78, 5) is 20.1. The number of nitrogens with zero attached hydrogens (tertiary/aromatic N) is 2. The smallest absolute Gasteiger partial charge is 0.248 e. The van der Waals surface area contributed by atoms with Crippen LogP contribution in [0.1, 0.15) is 31.2 Å². The molecule has 0 aliphatic carbocycles. The average Bonchev–Trinajstić information content (AvgIpc) is 3.15. The van der Waals surface area contributed by atoms with E-state index in [0.29, 0.717) is 25.5 Å². The molecule has 3 saturated heterocycles. The SMILES string of the molecule is O=C(C[C@H]1C[C@H]2CN(Cc3ccc(F)cc3)C[C@H]2O1)N1CCCCO1. The molecule has 0 saturated carbocycles. The van der Waals surface area contributed by atoms with Crippen molar-refractivity contribution in [1.29, 1.82) is 0 Å². The first kappa shape index (κ1) is 16.9. The molecule has 4 rings (SSSR count). The fourth-order valence-electron chi connectivity index (χ4n) is 4.15. The van der Waals surface area contributed by atoms with E-state index < -0.39 is 0 Å². The number of fused-ring (bicyclic) bond motifs is 1. The van der Waals surface area contributed by atoms with Gasteiger partial charge in [0.25, 0.3) is 0 Å². The second-order valence-corrected chi connectivity index (χ2v) is 7.35. The molecule has 1 aromatic rings. The van der Waals surface area contributed by atoms with Gasteiger partial charge in [-0.3, -0.25) is 14.5 Å². The van der Waals surface area contributed by atoms with Crippen LogP contribution in [0, 0.1) is 11.7 Å². The summed E-state index contributed by atoms with van der Waals surface area (Å²) < 4.78 is 19.1. The number of halogens is 1. The molecule has 0 N–H and O–H groups in total. The molecule has 5 nitrogen and oxygen atoms in total. The Balaban J connectivity index is 1.24. The molecule has 25 heavy (non-hydrogen) atoms. The molecule has 0 aromatic heterocycles. The van der Waals surface area contributed by atoms with Gasteiger partial charge in [-0.1, -0.05) is 12.1 Å². The van der Waals surface area contributed by atoms with Crippen molar-refractivity contribution in [1.82, 2.24) is 9.96 Å². The van der Waals surface area contributed by atoms with Crippen molar-refractivity contribution in [3.05, 3.63) is 35.6 Å². The first-order valence-electron chi connectivity index (χ1n) is 9.23. The summed E-state index contributed by atoms with van der Waals surface area (Å²) in [5.74, 6) is 0.337. The number of hydrogen-bond donors (Lipinski definition) is 0. The number of likely N-dealkylation sites (tertiary alicyclic amines) is 1. The number of amides is 1. The number of rotatable bonds is 4. The lowest BCUT2D eigenvalue weighted by molar-refractivity contribution is -0.199. The Morgan fingerprint density at radius 2 is 2.04 bits per heavy atom. The third kappa shape index (κ3) is 4.02. The lowest BCUT2D eigenvalue weighted by Crippen LogP contribution is -2.37. The first-order valence-corrected chi connectivity index (χ1v) is 9.23. The van der Waals surface area contributed by atoms with Crippen molar-refractivity contribution in [2.75, 3.05) is 26.2 Å². The highest BCUT2D eigenvalue weighted by atomic mass is 19.1. The molecule has 3 atom stereocenters. The number of hydrogen-bond acceptors (Lipinski definition) is 4. The minimum absolute atomic E-state index is 0.0148. The van der Waals surface area contributed by atoms with E-state index in [0.717, 1.165) is 44.5 Å². The third-order valence-corrected chi connectivity index (χ3v) is 5.39. The van der Waals surface area contributed by atoms with Crippen LogP contribution in [0.4, 0.5) is 4.39 Å². The molecule has 6 heteroatoms. The summed E-state index contributed by atoms with van der Waals surface area (Å²) in [5, 5.41) is 1.52. The molecule has 3 heterocycles. The van der Waals surface area contributed by atoms with Crippen molar-refractivity contribution < 1.29 is 18.8 Å². The Morgan fingerprint density at radius 3 is 2.76 bits per heavy atom. The van der Waals surface area contributed by atoms with E-state index >= 15 is 0 Å². The highest BCUT2D eigenvalue weighted by Gasteiger charge is 2.42. The third-order valence-electron chi connectivity index (χ3n) is 5.39. The van der Waals surface area contributed by atoms with E-state index in [-0.39, 0.29) is 23.9 Å². The molecule has 1 amide bonds. The van der Waals surface area contributed by atoms with Gasteiger partial charge >= 0.3 is 0 Å². The van der Waals surface area contributed by atoms with Gasteiger partial charge in [-0.15, -0.1) is 0 Å². The highest BCUT2D eigenvalue weighted by molar-refractivity contribution is 5.75. The fourth-order valence-corrected chi connectivity index (χ4v) is 4.15. The quantitative estimate of drug-likeness (QED) is 0.838. The van der Waals surface area contributed by atoms with E-state index in [9.17, 15) is 9.18 Å². The van der Waals surface area contributed by atoms with E-state index in [1.807, 2.05) is 12.1 Å². The average molecular weight is 348 g/mol. The summed E-state index contributed by atoms with van der Waals surface area (Å²) in [6.07, 6.45) is 3.62. The molecule has 3 aliphatic rings. The molecule has 1 aromatic carbocycles. The number of carbonyl (C=O) groups is 1. The molecule has 3 aliphatic heterocycles. The molecule has 0 radical (unpaired) electrons. The van der Waals surface area contributed by atoms with Gasteiger partial charge in [-0.05, 0) is 37.0 Å². The minimum atomic E-state index is -0.199. The second kappa shape index (κ2) is 7.40. The van der Waals surface area contributed by atoms with E-state index in [4.69, 9.17) is 9.57 Å². The zero-order chi connectivity index (χ0) is 17.2. The zero-order valence-corrected chi connectivity index (χ0v) is 14.4. The van der Waals surface area contributed by atoms with Crippen molar-refractivity contribution in [2.24, 2.45) is 5.92 Å². The van der Waals surface area contributed by atoms with Gasteiger partial charge in [-0.25, -0.2) is 9.45 Å². The maximum absolute atomic E-state index is 13.0. The van der Waals surface area contributed by atoms with Gasteiger partial charge in [0, 0.05) is 32.1 Å². The minimum Gasteiger partial charge on any atom is -0.373 e. The largest absolute Gasteiger partial charge is 0.373 e. The van der Waals surface area contributed by atoms with Gasteiger partial charge in [0.1, 0.15) is 5.82 Å². The Morgan fingerprint density at radius 1 is 1.20 bits per heavy atom. The van der Waals surface area contributed by atoms with Gasteiger partial charge in [-0.2, -0.15) is 0 Å². The number of benzene rings is 1. The van der Waals surface area contributed by atoms with Crippen LogP contribution in [-0.2, 0) is 20.9 Å². The molecule has 0 bridgehead atoms. The van der Waals surface area contributed by atoms with Gasteiger partial charge in [0.15, 0.2) is 0 Å². The van der Waals surface area contributed by atoms with Gasteiger partial charge < -0.3 is 4.74 Å². The van der Waals surface area contributed by atoms with Crippen LogP contribution < -0.4 is 0 Å². The summed E-state index contributed by atoms with van der Waals surface area (Å²) in [5.41, 5.74) is 1.12. The van der Waals surface area contributed by atoms with Crippen molar-refractivity contribution in [3.8, 4) is 0 Å².